The highest BCUT2D eigenvalue weighted by Gasteiger charge is 2.34. The van der Waals surface area contributed by atoms with Crippen molar-refractivity contribution < 1.29 is 9.53 Å². The van der Waals surface area contributed by atoms with Crippen LogP contribution in [0, 0.1) is 12.3 Å². The highest BCUT2D eigenvalue weighted by molar-refractivity contribution is 5.85. The Morgan fingerprint density at radius 2 is 2.17 bits per heavy atom. The topological polar surface area (TPSA) is 55.6 Å². The number of benzene rings is 1. The Bertz CT molecular complexity index is 510. The van der Waals surface area contributed by atoms with Gasteiger partial charge in [0.15, 0.2) is 0 Å². The van der Waals surface area contributed by atoms with Crippen molar-refractivity contribution in [2.24, 2.45) is 11.1 Å². The van der Waals surface area contributed by atoms with E-state index in [0.717, 1.165) is 38.1 Å². The second-order valence-corrected chi connectivity index (χ2v) is 6.70. The molecule has 0 saturated carbocycles. The van der Waals surface area contributed by atoms with Gasteiger partial charge in [-0.2, -0.15) is 0 Å². The molecule has 0 spiro atoms. The van der Waals surface area contributed by atoms with E-state index >= 15 is 0 Å². The predicted octanol–water partition coefficient (Wildman–Crippen LogP) is 3.16. The Morgan fingerprint density at radius 1 is 1.39 bits per heavy atom. The Hall–Kier alpha value is -1.26. The Morgan fingerprint density at radius 3 is 2.83 bits per heavy atom. The second-order valence-electron chi connectivity index (χ2n) is 6.70. The second kappa shape index (κ2) is 9.14. The van der Waals surface area contributed by atoms with Gasteiger partial charge in [-0.25, -0.2) is 0 Å². The van der Waals surface area contributed by atoms with E-state index in [1.54, 1.807) is 0 Å². The van der Waals surface area contributed by atoms with Gasteiger partial charge in [0.05, 0.1) is 6.61 Å². The van der Waals surface area contributed by atoms with Gasteiger partial charge in [-0.15, -0.1) is 12.4 Å². The van der Waals surface area contributed by atoms with E-state index in [2.05, 4.69) is 19.9 Å². The molecule has 0 aliphatic carbocycles. The smallest absolute Gasteiger partial charge is 0.222 e. The first-order valence-electron chi connectivity index (χ1n) is 8.20. The number of ether oxygens (including phenoxy) is 1. The van der Waals surface area contributed by atoms with Crippen LogP contribution < -0.4 is 10.5 Å². The van der Waals surface area contributed by atoms with Gasteiger partial charge in [0.25, 0.3) is 0 Å². The van der Waals surface area contributed by atoms with Crippen LogP contribution in [0.1, 0.15) is 38.2 Å². The van der Waals surface area contributed by atoms with Crippen molar-refractivity contribution in [3.8, 4) is 5.75 Å². The quantitative estimate of drug-likeness (QED) is 0.776. The van der Waals surface area contributed by atoms with Gasteiger partial charge < -0.3 is 15.4 Å². The van der Waals surface area contributed by atoms with Crippen LogP contribution in [0.3, 0.4) is 0 Å². The normalized spacial score (nSPS) is 20.2. The number of amides is 1. The summed E-state index contributed by atoms with van der Waals surface area (Å²) in [6.45, 7) is 7.19. The molecule has 1 heterocycles. The highest BCUT2D eigenvalue weighted by Crippen LogP contribution is 2.28. The lowest BCUT2D eigenvalue weighted by atomic mass is 9.90. The summed E-state index contributed by atoms with van der Waals surface area (Å²) in [5.74, 6) is 1.16. The number of aryl methyl sites for hydroxylation is 1. The number of nitrogens with zero attached hydrogens (tertiary/aromatic N) is 1. The number of nitrogens with two attached hydrogens (primary N) is 1. The molecular formula is C18H29ClN2O2. The third kappa shape index (κ3) is 6.04. The summed E-state index contributed by atoms with van der Waals surface area (Å²) in [7, 11) is 0. The SMILES string of the molecule is Cc1cccc(OCCCCC(=O)N2CCC(C)(CN)C2)c1.Cl. The zero-order chi connectivity index (χ0) is 16.0. The molecule has 1 aromatic carbocycles. The third-order valence-corrected chi connectivity index (χ3v) is 4.45. The lowest BCUT2D eigenvalue weighted by Gasteiger charge is -2.22. The molecule has 1 amide bonds. The van der Waals surface area contributed by atoms with Gasteiger partial charge in [0.2, 0.25) is 5.91 Å². The van der Waals surface area contributed by atoms with Crippen molar-refractivity contribution in [2.45, 2.75) is 39.5 Å². The zero-order valence-corrected chi connectivity index (χ0v) is 15.0. The van der Waals surface area contributed by atoms with Crippen LogP contribution in [0.2, 0.25) is 0 Å². The molecule has 5 heteroatoms. The van der Waals surface area contributed by atoms with E-state index in [1.807, 2.05) is 23.1 Å². The van der Waals surface area contributed by atoms with Gasteiger partial charge in [0.1, 0.15) is 5.75 Å². The summed E-state index contributed by atoms with van der Waals surface area (Å²) < 4.78 is 5.70. The minimum atomic E-state index is 0. The molecule has 0 aromatic heterocycles. The van der Waals surface area contributed by atoms with E-state index < -0.39 is 0 Å². The van der Waals surface area contributed by atoms with Crippen molar-refractivity contribution in [2.75, 3.05) is 26.2 Å². The number of unbranched alkanes of at least 4 members (excludes halogenated alkanes) is 1. The predicted molar refractivity (Wildman–Crippen MR) is 96.1 cm³/mol. The molecule has 1 aliphatic rings. The van der Waals surface area contributed by atoms with Gasteiger partial charge >= 0.3 is 0 Å². The fourth-order valence-electron chi connectivity index (χ4n) is 2.83. The van der Waals surface area contributed by atoms with Crippen LogP contribution in [0.4, 0.5) is 0 Å². The number of carbonyl (C=O) groups is 1. The van der Waals surface area contributed by atoms with Crippen LogP contribution in [-0.2, 0) is 4.79 Å². The summed E-state index contributed by atoms with van der Waals surface area (Å²) in [6, 6.07) is 8.05. The molecule has 130 valence electrons. The molecule has 1 saturated heterocycles. The lowest BCUT2D eigenvalue weighted by Crippen LogP contribution is -2.34. The number of hydrogen-bond donors (Lipinski definition) is 1. The molecule has 0 radical (unpaired) electrons. The Balaban J connectivity index is 0.00000264. The fraction of sp³-hybridized carbons (Fsp3) is 0.611. The summed E-state index contributed by atoms with van der Waals surface area (Å²) in [5.41, 5.74) is 7.10. The largest absolute Gasteiger partial charge is 0.494 e. The molecule has 1 fully saturated rings. The zero-order valence-electron chi connectivity index (χ0n) is 14.2. The molecular weight excluding hydrogens is 312 g/mol. The van der Waals surface area contributed by atoms with Crippen LogP contribution in [-0.4, -0.2) is 37.0 Å². The molecule has 1 atom stereocenters. The van der Waals surface area contributed by atoms with Crippen molar-refractivity contribution in [1.29, 1.82) is 0 Å². The van der Waals surface area contributed by atoms with E-state index in [4.69, 9.17) is 10.5 Å². The fourth-order valence-corrected chi connectivity index (χ4v) is 2.83. The van der Waals surface area contributed by atoms with Crippen molar-refractivity contribution in [3.05, 3.63) is 29.8 Å². The summed E-state index contributed by atoms with van der Waals surface area (Å²) in [4.78, 5) is 14.1. The minimum Gasteiger partial charge on any atom is -0.494 e. The maximum absolute atomic E-state index is 12.2. The van der Waals surface area contributed by atoms with E-state index in [9.17, 15) is 4.79 Å². The van der Waals surface area contributed by atoms with E-state index in [0.29, 0.717) is 19.6 Å². The number of carbonyl (C=O) groups excluding carboxylic acids is 1. The first kappa shape index (κ1) is 19.8. The van der Waals surface area contributed by atoms with E-state index in [-0.39, 0.29) is 23.7 Å². The molecule has 2 rings (SSSR count). The average molecular weight is 341 g/mol. The van der Waals surface area contributed by atoms with Crippen LogP contribution in [0.15, 0.2) is 24.3 Å². The standard InChI is InChI=1S/C18H28N2O2.ClH/c1-15-6-5-7-16(12-15)22-11-4-3-8-17(21)20-10-9-18(2,13-19)14-20;/h5-7,12H,3-4,8-11,13-14,19H2,1-2H3;1H. The molecule has 1 unspecified atom stereocenters. The summed E-state index contributed by atoms with van der Waals surface area (Å²) in [6.07, 6.45) is 3.41. The minimum absolute atomic E-state index is 0. The molecule has 4 nitrogen and oxygen atoms in total. The van der Waals surface area contributed by atoms with Gasteiger partial charge in [-0.1, -0.05) is 19.1 Å². The van der Waals surface area contributed by atoms with Crippen molar-refractivity contribution in [3.63, 3.8) is 0 Å². The van der Waals surface area contributed by atoms with Crippen LogP contribution in [0.5, 0.6) is 5.75 Å². The molecule has 23 heavy (non-hydrogen) atoms. The number of halogens is 1. The van der Waals surface area contributed by atoms with Gasteiger partial charge in [-0.3, -0.25) is 4.79 Å². The maximum atomic E-state index is 12.2. The first-order valence-corrected chi connectivity index (χ1v) is 8.20. The monoisotopic (exact) mass is 340 g/mol. The van der Waals surface area contributed by atoms with Crippen LogP contribution >= 0.6 is 12.4 Å². The van der Waals surface area contributed by atoms with Gasteiger partial charge in [0, 0.05) is 19.5 Å². The summed E-state index contributed by atoms with van der Waals surface area (Å²) >= 11 is 0. The molecule has 0 bridgehead atoms. The van der Waals surface area contributed by atoms with Crippen molar-refractivity contribution in [1.82, 2.24) is 4.90 Å². The lowest BCUT2D eigenvalue weighted by molar-refractivity contribution is -0.130. The molecule has 2 N–H and O–H groups in total. The molecule has 1 aromatic rings. The first-order chi connectivity index (χ1) is 10.5. The number of hydrogen-bond acceptors (Lipinski definition) is 3. The number of likely N-dealkylation sites (tertiary alicyclic amines) is 1. The highest BCUT2D eigenvalue weighted by atomic mass is 35.5. The van der Waals surface area contributed by atoms with Gasteiger partial charge in [-0.05, 0) is 55.8 Å². The summed E-state index contributed by atoms with van der Waals surface area (Å²) in [5, 5.41) is 0. The Labute approximate surface area is 145 Å². The number of rotatable bonds is 7. The average Bonchev–Trinajstić information content (AvgIpc) is 2.90. The van der Waals surface area contributed by atoms with E-state index in [1.165, 1.54) is 5.56 Å². The van der Waals surface area contributed by atoms with Crippen LogP contribution in [0.25, 0.3) is 0 Å². The maximum Gasteiger partial charge on any atom is 0.222 e. The molecule has 1 aliphatic heterocycles. The van der Waals surface area contributed by atoms with Crippen molar-refractivity contribution >= 4 is 18.3 Å². The Kier molecular flexibility index (Phi) is 7.86. The third-order valence-electron chi connectivity index (χ3n) is 4.45.